The van der Waals surface area contributed by atoms with Crippen LogP contribution in [-0.2, 0) is 4.74 Å². The molecule has 0 radical (unpaired) electrons. The van der Waals surface area contributed by atoms with Crippen molar-refractivity contribution in [3.05, 3.63) is 23.0 Å². The van der Waals surface area contributed by atoms with Gasteiger partial charge in [0.1, 0.15) is 0 Å². The lowest BCUT2D eigenvalue weighted by atomic mass is 9.59. The molecule has 0 aliphatic heterocycles. The summed E-state index contributed by atoms with van der Waals surface area (Å²) in [5, 5.41) is 10.2. The second-order valence-corrected chi connectivity index (χ2v) is 7.24. The zero-order valence-electron chi connectivity index (χ0n) is 12.5. The standard InChI is InChI=1S/C18H26O2/c1-20-12-3-5-13-11(10-12)2-4-15-14(13)6-7-17-16(15)8-9-18(17)19/h3,14-19H,2,4-10H2,1H3/t14-,15-,16+,17+,18-/m1/s1. The van der Waals surface area contributed by atoms with Crippen LogP contribution >= 0.6 is 0 Å². The van der Waals surface area contributed by atoms with Gasteiger partial charge in [-0.25, -0.2) is 0 Å². The van der Waals surface area contributed by atoms with Crippen molar-refractivity contribution in [2.45, 2.75) is 57.5 Å². The number of ether oxygens (including phenoxy) is 1. The van der Waals surface area contributed by atoms with Crippen LogP contribution in [0, 0.1) is 23.7 Å². The van der Waals surface area contributed by atoms with Gasteiger partial charge in [0.15, 0.2) is 0 Å². The van der Waals surface area contributed by atoms with Crippen LogP contribution in [0.4, 0.5) is 0 Å². The number of hydrogen-bond donors (Lipinski definition) is 1. The van der Waals surface area contributed by atoms with Crippen molar-refractivity contribution in [1.82, 2.24) is 0 Å². The van der Waals surface area contributed by atoms with E-state index in [0.717, 1.165) is 37.0 Å². The summed E-state index contributed by atoms with van der Waals surface area (Å²) >= 11 is 0. The highest BCUT2D eigenvalue weighted by Crippen LogP contribution is 2.55. The third-order valence-corrected chi connectivity index (χ3v) is 6.60. The van der Waals surface area contributed by atoms with Crippen molar-refractivity contribution in [3.63, 3.8) is 0 Å². The van der Waals surface area contributed by atoms with Crippen molar-refractivity contribution < 1.29 is 9.84 Å². The minimum atomic E-state index is 0.00247. The van der Waals surface area contributed by atoms with Crippen LogP contribution in [0.2, 0.25) is 0 Å². The monoisotopic (exact) mass is 274 g/mol. The molecule has 0 aromatic heterocycles. The SMILES string of the molecule is COC1=CCC2=C(CC[C@H]3[C@@H]4CC[C@@H](O)[C@H]4CC[C@H]23)C1. The Bertz CT molecular complexity index is 462. The molecule has 20 heavy (non-hydrogen) atoms. The van der Waals surface area contributed by atoms with E-state index in [1.54, 1.807) is 18.3 Å². The van der Waals surface area contributed by atoms with Gasteiger partial charge in [-0.15, -0.1) is 0 Å². The average Bonchev–Trinajstić information content (AvgIpc) is 2.88. The number of methoxy groups -OCH3 is 1. The fourth-order valence-corrected chi connectivity index (χ4v) is 5.67. The maximum absolute atomic E-state index is 10.2. The molecule has 4 rings (SSSR count). The summed E-state index contributed by atoms with van der Waals surface area (Å²) < 4.78 is 5.45. The predicted molar refractivity (Wildman–Crippen MR) is 79.0 cm³/mol. The van der Waals surface area contributed by atoms with Crippen molar-refractivity contribution >= 4 is 0 Å². The molecule has 2 saturated carbocycles. The largest absolute Gasteiger partial charge is 0.501 e. The Labute approximate surface area is 121 Å². The van der Waals surface area contributed by atoms with Gasteiger partial charge in [-0.05, 0) is 74.7 Å². The molecule has 5 atom stereocenters. The molecule has 2 nitrogen and oxygen atoms in total. The molecule has 1 N–H and O–H groups in total. The molecule has 4 aliphatic carbocycles. The fraction of sp³-hybridized carbons (Fsp3) is 0.778. The van der Waals surface area contributed by atoms with Crippen LogP contribution in [0.3, 0.4) is 0 Å². The highest BCUT2D eigenvalue weighted by Gasteiger charge is 2.47. The highest BCUT2D eigenvalue weighted by atomic mass is 16.5. The molecule has 0 aromatic rings. The van der Waals surface area contributed by atoms with E-state index in [1.165, 1.54) is 37.9 Å². The summed E-state index contributed by atoms with van der Waals surface area (Å²) in [5.41, 5.74) is 3.43. The molecule has 0 aromatic carbocycles. The van der Waals surface area contributed by atoms with Crippen molar-refractivity contribution in [3.8, 4) is 0 Å². The van der Waals surface area contributed by atoms with Gasteiger partial charge in [-0.2, -0.15) is 0 Å². The molecule has 2 fully saturated rings. The Hall–Kier alpha value is -0.760. The minimum absolute atomic E-state index is 0.00247. The molecule has 110 valence electrons. The molecule has 2 heteroatoms. The molecule has 4 aliphatic rings. The summed E-state index contributed by atoms with van der Waals surface area (Å²) in [6, 6.07) is 0. The number of hydrogen-bond acceptors (Lipinski definition) is 2. The maximum Gasteiger partial charge on any atom is 0.0959 e. The Morgan fingerprint density at radius 1 is 1.05 bits per heavy atom. The summed E-state index contributed by atoms with van der Waals surface area (Å²) in [6.07, 6.45) is 12.0. The van der Waals surface area contributed by atoms with Gasteiger partial charge in [-0.3, -0.25) is 0 Å². The minimum Gasteiger partial charge on any atom is -0.501 e. The van der Waals surface area contributed by atoms with Crippen molar-refractivity contribution in [2.75, 3.05) is 7.11 Å². The van der Waals surface area contributed by atoms with Crippen LogP contribution in [0.15, 0.2) is 23.0 Å². The molecule has 0 bridgehead atoms. The van der Waals surface area contributed by atoms with Crippen molar-refractivity contribution in [2.24, 2.45) is 23.7 Å². The Kier molecular flexibility index (Phi) is 3.17. The van der Waals surface area contributed by atoms with Gasteiger partial charge in [0.2, 0.25) is 0 Å². The molecular weight excluding hydrogens is 248 g/mol. The molecule has 0 saturated heterocycles. The van der Waals surface area contributed by atoms with E-state index >= 15 is 0 Å². The van der Waals surface area contributed by atoms with E-state index in [4.69, 9.17) is 4.74 Å². The second-order valence-electron chi connectivity index (χ2n) is 7.24. The first-order valence-electron chi connectivity index (χ1n) is 8.39. The van der Waals surface area contributed by atoms with Crippen LogP contribution in [0.25, 0.3) is 0 Å². The third-order valence-electron chi connectivity index (χ3n) is 6.60. The second kappa shape index (κ2) is 4.91. The van der Waals surface area contributed by atoms with Gasteiger partial charge in [0, 0.05) is 6.42 Å². The smallest absolute Gasteiger partial charge is 0.0959 e. The highest BCUT2D eigenvalue weighted by molar-refractivity contribution is 5.32. The first-order valence-corrected chi connectivity index (χ1v) is 8.39. The van der Waals surface area contributed by atoms with Gasteiger partial charge in [-0.1, -0.05) is 11.1 Å². The number of aliphatic hydroxyl groups is 1. The summed E-state index contributed by atoms with van der Waals surface area (Å²) in [5.74, 6) is 4.28. The van der Waals surface area contributed by atoms with Gasteiger partial charge in [0.05, 0.1) is 19.0 Å². The molecule has 0 amide bonds. The average molecular weight is 274 g/mol. The van der Waals surface area contributed by atoms with Gasteiger partial charge >= 0.3 is 0 Å². The number of aliphatic hydroxyl groups excluding tert-OH is 1. The summed E-state index contributed by atoms with van der Waals surface area (Å²) in [6.45, 7) is 0. The number of fused-ring (bicyclic) bond motifs is 4. The fourth-order valence-electron chi connectivity index (χ4n) is 5.67. The predicted octanol–water partition coefficient (Wildman–Crippen LogP) is 3.81. The quantitative estimate of drug-likeness (QED) is 0.737. The normalized spacial score (nSPS) is 43.5. The van der Waals surface area contributed by atoms with Crippen LogP contribution in [0.1, 0.15) is 51.4 Å². The molecule has 0 heterocycles. The Morgan fingerprint density at radius 3 is 2.75 bits per heavy atom. The molecule has 0 unspecified atom stereocenters. The third kappa shape index (κ3) is 1.88. The van der Waals surface area contributed by atoms with Crippen LogP contribution < -0.4 is 0 Å². The lowest BCUT2D eigenvalue weighted by Gasteiger charge is -2.46. The first kappa shape index (κ1) is 12.9. The zero-order chi connectivity index (χ0) is 13.7. The van der Waals surface area contributed by atoms with Crippen LogP contribution in [0.5, 0.6) is 0 Å². The van der Waals surface area contributed by atoms with E-state index in [0.29, 0.717) is 5.92 Å². The lowest BCUT2D eigenvalue weighted by molar-refractivity contribution is 0.0451. The Balaban J connectivity index is 1.58. The van der Waals surface area contributed by atoms with Crippen LogP contribution in [-0.4, -0.2) is 18.3 Å². The van der Waals surface area contributed by atoms with E-state index in [2.05, 4.69) is 6.08 Å². The van der Waals surface area contributed by atoms with Crippen molar-refractivity contribution in [1.29, 1.82) is 0 Å². The summed E-state index contributed by atoms with van der Waals surface area (Å²) in [4.78, 5) is 0. The van der Waals surface area contributed by atoms with Gasteiger partial charge in [0.25, 0.3) is 0 Å². The number of rotatable bonds is 1. The van der Waals surface area contributed by atoms with Gasteiger partial charge < -0.3 is 9.84 Å². The molecular formula is C18H26O2. The van der Waals surface area contributed by atoms with E-state index in [-0.39, 0.29) is 6.10 Å². The molecule has 0 spiro atoms. The number of allylic oxidation sites excluding steroid dienone is 3. The van der Waals surface area contributed by atoms with E-state index < -0.39 is 0 Å². The first-order chi connectivity index (χ1) is 9.78. The van der Waals surface area contributed by atoms with E-state index in [1.807, 2.05) is 0 Å². The Morgan fingerprint density at radius 2 is 1.90 bits per heavy atom. The maximum atomic E-state index is 10.2. The zero-order valence-corrected chi connectivity index (χ0v) is 12.5. The summed E-state index contributed by atoms with van der Waals surface area (Å²) in [7, 11) is 1.80. The van der Waals surface area contributed by atoms with E-state index in [9.17, 15) is 5.11 Å². The topological polar surface area (TPSA) is 29.5 Å². The lowest BCUT2D eigenvalue weighted by Crippen LogP contribution is -2.38.